The van der Waals surface area contributed by atoms with E-state index in [1.165, 1.54) is 0 Å². The third-order valence-electron chi connectivity index (χ3n) is 3.04. The van der Waals surface area contributed by atoms with Gasteiger partial charge in [-0.2, -0.15) is 5.10 Å². The molecule has 0 aliphatic heterocycles. The zero-order valence-corrected chi connectivity index (χ0v) is 13.3. The molecule has 0 aliphatic carbocycles. The van der Waals surface area contributed by atoms with Crippen LogP contribution in [0.2, 0.25) is 0 Å². The maximum Gasteiger partial charge on any atom is 0.220 e. The average molecular weight is 353 g/mol. The lowest BCUT2D eigenvalue weighted by Crippen LogP contribution is -2.23. The van der Waals surface area contributed by atoms with E-state index in [0.717, 1.165) is 15.6 Å². The molecule has 21 heavy (non-hydrogen) atoms. The number of hydrogen-bond acceptors (Lipinski definition) is 4. The van der Waals surface area contributed by atoms with E-state index in [1.54, 1.807) is 0 Å². The lowest BCUT2D eigenvalue weighted by Gasteiger charge is -2.05. The normalized spacial score (nSPS) is 10.6. The number of nitrogens with one attached hydrogen (secondary N) is 2. The highest BCUT2D eigenvalue weighted by atomic mass is 79.9. The second-order valence-corrected chi connectivity index (χ2v) is 5.57. The summed E-state index contributed by atoms with van der Waals surface area (Å²) in [4.78, 5) is 15.8. The molecule has 0 aliphatic rings. The second kappa shape index (κ2) is 7.33. The fourth-order valence-electron chi connectivity index (χ4n) is 1.88. The van der Waals surface area contributed by atoms with E-state index in [2.05, 4.69) is 42.5 Å². The zero-order chi connectivity index (χ0) is 15.2. The van der Waals surface area contributed by atoms with Gasteiger partial charge in [0.2, 0.25) is 5.91 Å². The van der Waals surface area contributed by atoms with Gasteiger partial charge in [-0.1, -0.05) is 28.1 Å². The number of aromatic nitrogens is 3. The highest BCUT2D eigenvalue weighted by molar-refractivity contribution is 9.10. The molecule has 1 heterocycles. The average Bonchev–Trinajstić information content (AvgIpc) is 2.94. The summed E-state index contributed by atoms with van der Waals surface area (Å²) in [7, 11) is 0. The number of halogens is 1. The highest BCUT2D eigenvalue weighted by Gasteiger charge is 2.06. The van der Waals surface area contributed by atoms with Crippen molar-refractivity contribution in [1.29, 1.82) is 0 Å². The van der Waals surface area contributed by atoms with Gasteiger partial charge in [-0.3, -0.25) is 9.89 Å². The van der Waals surface area contributed by atoms with Crippen molar-refractivity contribution in [2.45, 2.75) is 32.9 Å². The fourth-order valence-corrected chi connectivity index (χ4v) is 2.12. The minimum atomic E-state index is -0.215. The summed E-state index contributed by atoms with van der Waals surface area (Å²) in [6.07, 6.45) is 1.11. The van der Waals surface area contributed by atoms with Crippen LogP contribution in [0.3, 0.4) is 0 Å². The Bertz CT molecular complexity index is 627. The summed E-state index contributed by atoms with van der Waals surface area (Å²) in [6.45, 7) is 2.09. The predicted molar refractivity (Wildman–Crippen MR) is 81.4 cm³/mol. The van der Waals surface area contributed by atoms with E-state index in [-0.39, 0.29) is 19.1 Å². The van der Waals surface area contributed by atoms with Crippen LogP contribution in [0.1, 0.15) is 29.2 Å². The van der Waals surface area contributed by atoms with Crippen LogP contribution in [0.15, 0.2) is 22.7 Å². The van der Waals surface area contributed by atoms with Crippen LogP contribution in [0, 0.1) is 6.92 Å². The molecule has 3 N–H and O–H groups in total. The first-order valence-corrected chi connectivity index (χ1v) is 7.40. The third-order valence-corrected chi connectivity index (χ3v) is 3.93. The first-order chi connectivity index (χ1) is 10.1. The Labute approximate surface area is 131 Å². The number of benzene rings is 1. The molecular formula is C14H17BrN4O2. The van der Waals surface area contributed by atoms with Crippen molar-refractivity contribution < 1.29 is 9.90 Å². The number of nitrogens with zero attached hydrogens (tertiary/aromatic N) is 2. The molecule has 1 aromatic heterocycles. The number of hydrogen-bond donors (Lipinski definition) is 3. The standard InChI is InChI=1S/C14H17BrN4O2/c1-9-6-10(2-4-11(9)15)3-5-14(21)16-7-12-17-13(8-20)19-18-12/h2,4,6,20H,3,5,7-8H2,1H3,(H,16,21)(H,17,18,19). The van der Waals surface area contributed by atoms with Gasteiger partial charge in [0, 0.05) is 10.9 Å². The van der Waals surface area contributed by atoms with Gasteiger partial charge in [0.25, 0.3) is 0 Å². The van der Waals surface area contributed by atoms with Crippen LogP contribution in [0.25, 0.3) is 0 Å². The summed E-state index contributed by atoms with van der Waals surface area (Å²) >= 11 is 3.45. The van der Waals surface area contributed by atoms with Crippen LogP contribution in [0.4, 0.5) is 0 Å². The number of carbonyl (C=O) groups is 1. The lowest BCUT2D eigenvalue weighted by atomic mass is 10.1. The van der Waals surface area contributed by atoms with Crippen molar-refractivity contribution >= 4 is 21.8 Å². The van der Waals surface area contributed by atoms with Gasteiger partial charge < -0.3 is 10.4 Å². The van der Waals surface area contributed by atoms with Crippen LogP contribution in [-0.2, 0) is 24.4 Å². The molecule has 1 amide bonds. The van der Waals surface area contributed by atoms with Gasteiger partial charge in [0.05, 0.1) is 6.54 Å². The van der Waals surface area contributed by atoms with Crippen molar-refractivity contribution in [3.63, 3.8) is 0 Å². The number of aromatic amines is 1. The van der Waals surface area contributed by atoms with Gasteiger partial charge in [-0.05, 0) is 30.5 Å². The van der Waals surface area contributed by atoms with Gasteiger partial charge in [0.15, 0.2) is 5.82 Å². The van der Waals surface area contributed by atoms with E-state index < -0.39 is 0 Å². The minimum absolute atomic E-state index is 0.0440. The quantitative estimate of drug-likeness (QED) is 0.736. The van der Waals surface area contributed by atoms with Crippen LogP contribution in [0.5, 0.6) is 0 Å². The Kier molecular flexibility index (Phi) is 5.46. The van der Waals surface area contributed by atoms with Gasteiger partial charge >= 0.3 is 0 Å². The number of aliphatic hydroxyl groups excluding tert-OH is 1. The monoisotopic (exact) mass is 352 g/mol. The number of carbonyl (C=O) groups excluding carboxylic acids is 1. The molecule has 7 heteroatoms. The van der Waals surface area contributed by atoms with E-state index in [9.17, 15) is 4.79 Å². The van der Waals surface area contributed by atoms with Crippen molar-refractivity contribution in [2.24, 2.45) is 0 Å². The SMILES string of the molecule is Cc1cc(CCC(=O)NCc2nc(CO)n[nH]2)ccc1Br. The van der Waals surface area contributed by atoms with Crippen molar-refractivity contribution in [3.05, 3.63) is 45.4 Å². The number of H-pyrrole nitrogens is 1. The fraction of sp³-hybridized carbons (Fsp3) is 0.357. The molecule has 0 atom stereocenters. The Morgan fingerprint density at radius 1 is 1.48 bits per heavy atom. The summed E-state index contributed by atoms with van der Waals surface area (Å²) in [6, 6.07) is 6.07. The number of aliphatic hydroxyl groups is 1. The molecule has 0 radical (unpaired) electrons. The smallest absolute Gasteiger partial charge is 0.220 e. The van der Waals surface area contributed by atoms with Gasteiger partial charge in [0.1, 0.15) is 12.4 Å². The number of amides is 1. The summed E-state index contributed by atoms with van der Waals surface area (Å²) in [5, 5.41) is 18.1. The summed E-state index contributed by atoms with van der Waals surface area (Å²) < 4.78 is 1.07. The van der Waals surface area contributed by atoms with Crippen LogP contribution in [-0.4, -0.2) is 26.2 Å². The topological polar surface area (TPSA) is 90.9 Å². The minimum Gasteiger partial charge on any atom is -0.388 e. The molecular weight excluding hydrogens is 336 g/mol. The summed E-state index contributed by atoms with van der Waals surface area (Å²) in [5.74, 6) is 0.814. The van der Waals surface area contributed by atoms with Crippen LogP contribution >= 0.6 is 15.9 Å². The molecule has 0 bridgehead atoms. The Morgan fingerprint density at radius 2 is 2.29 bits per heavy atom. The van der Waals surface area contributed by atoms with Crippen molar-refractivity contribution in [2.75, 3.05) is 0 Å². The summed E-state index contributed by atoms with van der Waals surface area (Å²) in [5.41, 5.74) is 2.29. The third kappa shape index (κ3) is 4.64. The zero-order valence-electron chi connectivity index (χ0n) is 11.7. The molecule has 112 valence electrons. The molecule has 6 nitrogen and oxygen atoms in total. The maximum absolute atomic E-state index is 11.8. The Morgan fingerprint density at radius 3 is 2.95 bits per heavy atom. The van der Waals surface area contributed by atoms with Gasteiger partial charge in [-0.25, -0.2) is 4.98 Å². The second-order valence-electron chi connectivity index (χ2n) is 4.72. The number of aryl methyl sites for hydroxylation is 2. The molecule has 0 spiro atoms. The van der Waals surface area contributed by atoms with Crippen molar-refractivity contribution in [1.82, 2.24) is 20.5 Å². The predicted octanol–water partition coefficient (Wildman–Crippen LogP) is 1.62. The molecule has 0 unspecified atom stereocenters. The molecule has 0 saturated heterocycles. The number of rotatable bonds is 6. The lowest BCUT2D eigenvalue weighted by molar-refractivity contribution is -0.121. The first-order valence-electron chi connectivity index (χ1n) is 6.61. The molecule has 2 rings (SSSR count). The van der Waals surface area contributed by atoms with Crippen molar-refractivity contribution in [3.8, 4) is 0 Å². The largest absolute Gasteiger partial charge is 0.388 e. The van der Waals surface area contributed by atoms with E-state index in [1.807, 2.05) is 19.1 Å². The van der Waals surface area contributed by atoms with Gasteiger partial charge in [-0.15, -0.1) is 0 Å². The molecule has 1 aromatic carbocycles. The van der Waals surface area contributed by atoms with Crippen LogP contribution < -0.4 is 5.32 Å². The van der Waals surface area contributed by atoms with E-state index in [0.29, 0.717) is 24.5 Å². The first kappa shape index (κ1) is 15.7. The van der Waals surface area contributed by atoms with E-state index in [4.69, 9.17) is 5.11 Å². The molecule has 0 fully saturated rings. The molecule has 2 aromatic rings. The van der Waals surface area contributed by atoms with E-state index >= 15 is 0 Å². The Hall–Kier alpha value is -1.73. The highest BCUT2D eigenvalue weighted by Crippen LogP contribution is 2.17. The Balaban J connectivity index is 1.77. The molecule has 0 saturated carbocycles. The maximum atomic E-state index is 11.8.